The van der Waals surface area contributed by atoms with E-state index in [-0.39, 0.29) is 34.7 Å². The number of carbonyl (C=O) groups is 1. The van der Waals surface area contributed by atoms with Gasteiger partial charge in [0.15, 0.2) is 23.1 Å². The van der Waals surface area contributed by atoms with Crippen molar-refractivity contribution in [3.8, 4) is 5.75 Å². The number of ether oxygens (including phenoxy) is 1. The Hall–Kier alpha value is -2.75. The number of anilines is 3. The minimum absolute atomic E-state index is 0.0699. The first-order chi connectivity index (χ1) is 10.8. The Balaban J connectivity index is 2.07. The molecule has 122 valence electrons. The number of hydrogen-bond acceptors (Lipinski definition) is 7. The molecule has 0 radical (unpaired) electrons. The largest absolute Gasteiger partial charge is 0.481 e. The lowest BCUT2D eigenvalue weighted by atomic mass is 10.2. The number of nitrogens with two attached hydrogens (primary N) is 1. The van der Waals surface area contributed by atoms with Crippen molar-refractivity contribution in [3.63, 3.8) is 0 Å². The number of benzene rings is 1. The van der Waals surface area contributed by atoms with Gasteiger partial charge in [-0.15, -0.1) is 0 Å². The Kier molecular flexibility index (Phi) is 3.40. The molecule has 3 rings (SSSR count). The van der Waals surface area contributed by atoms with Gasteiger partial charge in [-0.3, -0.25) is 9.52 Å². The number of fused-ring (bicyclic) bond motifs is 1. The van der Waals surface area contributed by atoms with Crippen molar-refractivity contribution in [2.75, 3.05) is 29.0 Å². The van der Waals surface area contributed by atoms with E-state index in [1.54, 1.807) is 19.2 Å². The van der Waals surface area contributed by atoms with Gasteiger partial charge < -0.3 is 19.9 Å². The summed E-state index contributed by atoms with van der Waals surface area (Å²) in [5.41, 5.74) is 6.08. The minimum Gasteiger partial charge on any atom is -0.481 e. The first-order valence-electron chi connectivity index (χ1n) is 6.58. The zero-order valence-corrected chi connectivity index (χ0v) is 13.2. The van der Waals surface area contributed by atoms with E-state index in [9.17, 15) is 13.2 Å². The second-order valence-corrected chi connectivity index (χ2v) is 6.57. The quantitative estimate of drug-likeness (QED) is 0.844. The third kappa shape index (κ3) is 2.46. The third-order valence-corrected chi connectivity index (χ3v) is 4.93. The van der Waals surface area contributed by atoms with Crippen LogP contribution in [0.15, 0.2) is 27.6 Å². The highest BCUT2D eigenvalue weighted by Crippen LogP contribution is 2.39. The summed E-state index contributed by atoms with van der Waals surface area (Å²) in [5, 5.41) is 3.43. The molecule has 1 amide bonds. The van der Waals surface area contributed by atoms with E-state index in [1.807, 2.05) is 0 Å². The molecular weight excluding hydrogens is 324 g/mol. The lowest BCUT2D eigenvalue weighted by Crippen LogP contribution is -2.36. The van der Waals surface area contributed by atoms with Crippen LogP contribution in [0.3, 0.4) is 0 Å². The molecule has 10 heteroatoms. The average Bonchev–Trinajstić information content (AvgIpc) is 2.82. The summed E-state index contributed by atoms with van der Waals surface area (Å²) in [6.07, 6.45) is 0. The SMILES string of the molecule is Cc1onc(N)c1S(=O)(=O)Nc1cccc2c1N(C)C(=O)CO2. The van der Waals surface area contributed by atoms with Crippen molar-refractivity contribution in [1.29, 1.82) is 0 Å². The Morgan fingerprint density at radius 3 is 2.78 bits per heavy atom. The van der Waals surface area contributed by atoms with Gasteiger partial charge in [0.1, 0.15) is 11.4 Å². The molecule has 0 saturated heterocycles. The van der Waals surface area contributed by atoms with Gasteiger partial charge in [0, 0.05) is 7.05 Å². The van der Waals surface area contributed by atoms with Gasteiger partial charge >= 0.3 is 0 Å². The molecule has 2 heterocycles. The van der Waals surface area contributed by atoms with E-state index in [0.29, 0.717) is 11.4 Å². The molecule has 0 bridgehead atoms. The molecule has 1 aromatic heterocycles. The summed E-state index contributed by atoms with van der Waals surface area (Å²) in [4.78, 5) is 12.9. The molecule has 0 saturated carbocycles. The van der Waals surface area contributed by atoms with Gasteiger partial charge in [-0.2, -0.15) is 0 Å². The van der Waals surface area contributed by atoms with E-state index in [1.165, 1.54) is 17.9 Å². The number of nitrogens with one attached hydrogen (secondary N) is 1. The number of hydrogen-bond donors (Lipinski definition) is 2. The number of carbonyl (C=O) groups excluding carboxylic acids is 1. The minimum atomic E-state index is -4.03. The number of amides is 1. The summed E-state index contributed by atoms with van der Waals surface area (Å²) in [6, 6.07) is 4.78. The Morgan fingerprint density at radius 2 is 2.13 bits per heavy atom. The topological polar surface area (TPSA) is 128 Å². The highest BCUT2D eigenvalue weighted by molar-refractivity contribution is 7.93. The number of nitrogens with zero attached hydrogens (tertiary/aromatic N) is 2. The van der Waals surface area contributed by atoms with Crippen LogP contribution in [0.25, 0.3) is 0 Å². The van der Waals surface area contributed by atoms with Crippen LogP contribution in [0.1, 0.15) is 5.76 Å². The molecule has 3 N–H and O–H groups in total. The van der Waals surface area contributed by atoms with Gasteiger partial charge in [-0.05, 0) is 19.1 Å². The molecule has 1 aliphatic heterocycles. The Labute approximate surface area is 132 Å². The standard InChI is InChI=1S/C13H14N4O5S/c1-7-12(13(14)15-22-7)23(19,20)16-8-4-3-5-9-11(8)17(2)10(18)6-21-9/h3-5,16H,6H2,1-2H3,(H2,14,15). The number of rotatable bonds is 3. The van der Waals surface area contributed by atoms with Crippen molar-refractivity contribution in [2.24, 2.45) is 0 Å². The molecule has 0 unspecified atom stereocenters. The van der Waals surface area contributed by atoms with Crippen molar-refractivity contribution in [1.82, 2.24) is 5.16 Å². The van der Waals surface area contributed by atoms with E-state index < -0.39 is 10.0 Å². The van der Waals surface area contributed by atoms with Gasteiger partial charge in [0.05, 0.1) is 5.69 Å². The van der Waals surface area contributed by atoms with Crippen molar-refractivity contribution < 1.29 is 22.5 Å². The fourth-order valence-electron chi connectivity index (χ4n) is 2.33. The second-order valence-electron chi connectivity index (χ2n) is 4.95. The van der Waals surface area contributed by atoms with E-state index in [2.05, 4.69) is 9.88 Å². The molecule has 9 nitrogen and oxygen atoms in total. The molecular formula is C13H14N4O5S. The second kappa shape index (κ2) is 5.16. The summed E-state index contributed by atoms with van der Waals surface area (Å²) >= 11 is 0. The maximum absolute atomic E-state index is 12.5. The summed E-state index contributed by atoms with van der Waals surface area (Å²) < 4.78 is 37.6. The maximum atomic E-state index is 12.5. The van der Waals surface area contributed by atoms with Gasteiger partial charge in [0.2, 0.25) is 0 Å². The molecule has 1 aromatic carbocycles. The average molecular weight is 338 g/mol. The number of aromatic nitrogens is 1. The number of aryl methyl sites for hydroxylation is 1. The molecule has 2 aromatic rings. The molecule has 23 heavy (non-hydrogen) atoms. The van der Waals surface area contributed by atoms with E-state index in [0.717, 1.165) is 0 Å². The lowest BCUT2D eigenvalue weighted by Gasteiger charge is -2.28. The summed E-state index contributed by atoms with van der Waals surface area (Å²) in [6.45, 7) is 1.34. The predicted octanol–water partition coefficient (Wildman–Crippen LogP) is 0.721. The predicted molar refractivity (Wildman–Crippen MR) is 81.8 cm³/mol. The summed E-state index contributed by atoms with van der Waals surface area (Å²) in [5.74, 6) is -0.0481. The van der Waals surface area contributed by atoms with Crippen LogP contribution in [0, 0.1) is 6.92 Å². The summed E-state index contributed by atoms with van der Waals surface area (Å²) in [7, 11) is -2.49. The highest BCUT2D eigenvalue weighted by atomic mass is 32.2. The first kappa shape index (κ1) is 15.2. The van der Waals surface area contributed by atoms with Crippen molar-refractivity contribution in [3.05, 3.63) is 24.0 Å². The van der Waals surface area contributed by atoms with Crippen LogP contribution < -0.4 is 20.1 Å². The number of para-hydroxylation sites is 1. The zero-order chi connectivity index (χ0) is 16.8. The van der Waals surface area contributed by atoms with Gasteiger partial charge in [-0.25, -0.2) is 8.42 Å². The monoisotopic (exact) mass is 338 g/mol. The van der Waals surface area contributed by atoms with Crippen LogP contribution in [0.5, 0.6) is 5.75 Å². The van der Waals surface area contributed by atoms with E-state index in [4.69, 9.17) is 15.0 Å². The first-order valence-corrected chi connectivity index (χ1v) is 8.06. The third-order valence-electron chi connectivity index (χ3n) is 3.41. The van der Waals surface area contributed by atoms with Crippen molar-refractivity contribution >= 4 is 33.1 Å². The Morgan fingerprint density at radius 1 is 1.39 bits per heavy atom. The highest BCUT2D eigenvalue weighted by Gasteiger charge is 2.30. The fourth-order valence-corrected chi connectivity index (χ4v) is 3.62. The lowest BCUT2D eigenvalue weighted by molar-refractivity contribution is -0.120. The van der Waals surface area contributed by atoms with Gasteiger partial charge in [-0.1, -0.05) is 11.2 Å². The molecule has 0 spiro atoms. The van der Waals surface area contributed by atoms with E-state index >= 15 is 0 Å². The smallest absolute Gasteiger partial charge is 0.269 e. The zero-order valence-electron chi connectivity index (χ0n) is 12.4. The van der Waals surface area contributed by atoms with Gasteiger partial charge in [0.25, 0.3) is 15.9 Å². The van der Waals surface area contributed by atoms with Crippen molar-refractivity contribution in [2.45, 2.75) is 11.8 Å². The number of nitrogen functional groups attached to an aromatic ring is 1. The molecule has 0 atom stereocenters. The number of sulfonamides is 1. The van der Waals surface area contributed by atoms with Crippen LogP contribution >= 0.6 is 0 Å². The van der Waals surface area contributed by atoms with Crippen LogP contribution in [-0.4, -0.2) is 33.1 Å². The molecule has 0 aliphatic carbocycles. The molecule has 1 aliphatic rings. The molecule has 0 fully saturated rings. The van der Waals surface area contributed by atoms with Crippen LogP contribution in [0.2, 0.25) is 0 Å². The van der Waals surface area contributed by atoms with Crippen LogP contribution in [0.4, 0.5) is 17.2 Å². The van der Waals surface area contributed by atoms with Crippen LogP contribution in [-0.2, 0) is 14.8 Å². The fraction of sp³-hybridized carbons (Fsp3) is 0.231. The number of likely N-dealkylation sites (N-methyl/N-ethyl adjacent to an activating group) is 1. The Bertz CT molecular complexity index is 870. The maximum Gasteiger partial charge on any atom is 0.269 e. The normalized spacial score (nSPS) is 14.3.